The summed E-state index contributed by atoms with van der Waals surface area (Å²) >= 11 is 38.2. The van der Waals surface area contributed by atoms with E-state index in [1.54, 1.807) is 79.3 Å². The van der Waals surface area contributed by atoms with Crippen LogP contribution in [0.4, 0.5) is 17.1 Å². The molecule has 3 aromatic heterocycles. The highest BCUT2D eigenvalue weighted by Crippen LogP contribution is 2.37. The molecule has 0 aliphatic heterocycles. The Morgan fingerprint density at radius 1 is 0.380 bits per heavy atom. The predicted octanol–water partition coefficient (Wildman–Crippen LogP) is 17.3. The van der Waals surface area contributed by atoms with Gasteiger partial charge in [-0.3, -0.25) is 43.7 Å². The molecule has 4 atom stereocenters. The van der Waals surface area contributed by atoms with Crippen LogP contribution in [0.15, 0.2) is 261 Å². The monoisotopic (exact) mass is 1550 g/mol. The maximum absolute atomic E-state index is 13.1. The first kappa shape index (κ1) is 76.5. The quantitative estimate of drug-likeness (QED) is 0.0399. The molecule has 108 heavy (non-hydrogen) atoms. The molecule has 12 aromatic rings. The third kappa shape index (κ3) is 18.6. The van der Waals surface area contributed by atoms with Gasteiger partial charge in [-0.05, 0) is 173 Å². The number of aromatic nitrogens is 3. The number of nitrogens with zero attached hydrogens (tertiary/aromatic N) is 4. The third-order valence-electron chi connectivity index (χ3n) is 17.8. The summed E-state index contributed by atoms with van der Waals surface area (Å²) in [5.74, 6) is -2.35. The summed E-state index contributed by atoms with van der Waals surface area (Å²) in [6.07, 6.45) is 4.55. The first-order valence-corrected chi connectivity index (χ1v) is 36.1. The van der Waals surface area contributed by atoms with E-state index >= 15 is 0 Å². The predicted molar refractivity (Wildman–Crippen MR) is 423 cm³/mol. The highest BCUT2D eigenvalue weighted by Gasteiger charge is 2.34. The summed E-state index contributed by atoms with van der Waals surface area (Å²) in [5.41, 5.74) is 12.0. The average Bonchev–Trinajstić information content (AvgIpc) is 1.69. The summed E-state index contributed by atoms with van der Waals surface area (Å²) < 4.78 is 0. The maximum Gasteiger partial charge on any atom is 0.257 e. The van der Waals surface area contributed by atoms with Crippen LogP contribution in [0.5, 0.6) is 0 Å². The molecule has 542 valence electrons. The van der Waals surface area contributed by atoms with Crippen LogP contribution in [0.2, 0.25) is 30.1 Å². The molecule has 0 saturated heterocycles. The Bertz CT molecular complexity index is 5100. The fourth-order valence-electron chi connectivity index (χ4n) is 12.4. The molecule has 9 aromatic carbocycles. The molecule has 0 bridgehead atoms. The van der Waals surface area contributed by atoms with E-state index in [9.17, 15) is 44.1 Å². The van der Waals surface area contributed by atoms with E-state index in [1.807, 2.05) is 133 Å². The molecule has 0 unspecified atom stereocenters. The van der Waals surface area contributed by atoms with Crippen molar-refractivity contribution in [2.45, 2.75) is 43.7 Å². The number of aliphatic hydroxyl groups is 3. The number of carbonyl (C=O) groups excluding carboxylic acids is 6. The Kier molecular flexibility index (Phi) is 25.2. The van der Waals surface area contributed by atoms with Crippen LogP contribution >= 0.6 is 69.6 Å². The zero-order valence-corrected chi connectivity index (χ0v) is 61.6. The largest absolute Gasteiger partial charge is 0.395 e. The van der Waals surface area contributed by atoms with E-state index in [0.29, 0.717) is 90.9 Å². The number of nitrogens with one attached hydrogen (secondary N) is 5. The van der Waals surface area contributed by atoms with Gasteiger partial charge in [0.05, 0.1) is 94.8 Å². The lowest BCUT2D eigenvalue weighted by molar-refractivity contribution is 0.0707. The number of halogens is 6. The van der Waals surface area contributed by atoms with Crippen molar-refractivity contribution in [3.8, 4) is 33.8 Å². The molecule has 8 N–H and O–H groups in total. The minimum absolute atomic E-state index is 0.131. The van der Waals surface area contributed by atoms with Crippen LogP contribution in [0, 0.1) is 0 Å². The number of benzene rings is 9. The molecule has 0 spiro atoms. The van der Waals surface area contributed by atoms with E-state index in [0.717, 1.165) is 27.8 Å². The van der Waals surface area contributed by atoms with Crippen LogP contribution in [0.3, 0.4) is 0 Å². The van der Waals surface area contributed by atoms with Gasteiger partial charge < -0.3 is 46.8 Å². The van der Waals surface area contributed by atoms with Crippen molar-refractivity contribution in [3.63, 3.8) is 0 Å². The Labute approximate surface area is 651 Å². The minimum Gasteiger partial charge on any atom is -0.395 e. The van der Waals surface area contributed by atoms with Crippen molar-refractivity contribution in [1.82, 2.24) is 30.5 Å². The van der Waals surface area contributed by atoms with Crippen LogP contribution in [0.25, 0.3) is 33.8 Å². The SMILES string of the molecule is O=C(N[C@@H]1c2ccccc2C[C@@H]1O)c1ccc(C(=O)Nc2ccc(Cl)c(-c3ccccn3)c2)c(Cl)c1.O=C(N[C@H]1c2ccccc2C[C@H]1O)c1ccc(C(=O)Nc2ccc(Cl)c(-c3ccccn3)c2)c(Cl)c1.O=C(Nc1ccc(Cl)c(-c2ccccn2)c1)c1ccc(C(=O)N(CCO)Cc2ccccc2)cc1Cl. The Morgan fingerprint density at radius 3 is 1.09 bits per heavy atom. The van der Waals surface area contributed by atoms with Gasteiger partial charge in [0.2, 0.25) is 0 Å². The number of hydrogen-bond donors (Lipinski definition) is 8. The fraction of sp³-hybridized carbons (Fsp3) is 0.107. The van der Waals surface area contributed by atoms with Crippen molar-refractivity contribution in [2.75, 3.05) is 29.1 Å². The van der Waals surface area contributed by atoms with Gasteiger partial charge in [-0.2, -0.15) is 0 Å². The minimum atomic E-state index is -0.706. The Hall–Kier alpha value is -11.1. The van der Waals surface area contributed by atoms with E-state index in [4.69, 9.17) is 69.6 Å². The summed E-state index contributed by atoms with van der Waals surface area (Å²) in [6, 6.07) is 69.0. The second kappa shape index (κ2) is 35.5. The average molecular weight is 1560 g/mol. The maximum atomic E-state index is 13.1. The highest BCUT2D eigenvalue weighted by atomic mass is 35.5. The van der Waals surface area contributed by atoms with Gasteiger partial charge in [-0.1, -0.05) is 167 Å². The lowest BCUT2D eigenvalue weighted by Gasteiger charge is -2.22. The first-order valence-electron chi connectivity index (χ1n) is 33.8. The molecule has 2 aliphatic rings. The van der Waals surface area contributed by atoms with E-state index in [2.05, 4.69) is 41.5 Å². The van der Waals surface area contributed by atoms with Gasteiger partial charge >= 0.3 is 0 Å². The normalized spacial score (nSPS) is 14.4. The Morgan fingerprint density at radius 2 is 0.731 bits per heavy atom. The fourth-order valence-corrected chi connectivity index (χ4v) is 13.8. The summed E-state index contributed by atoms with van der Waals surface area (Å²) in [5, 5.41) is 46.4. The van der Waals surface area contributed by atoms with Gasteiger partial charge in [0.15, 0.2) is 0 Å². The van der Waals surface area contributed by atoms with E-state index < -0.39 is 42.0 Å². The number of anilines is 3. The number of hydrogen-bond acceptors (Lipinski definition) is 12. The topological polar surface area (TPSA) is 265 Å². The zero-order valence-electron chi connectivity index (χ0n) is 57.0. The summed E-state index contributed by atoms with van der Waals surface area (Å²) in [7, 11) is 0. The van der Waals surface area contributed by atoms with Crippen LogP contribution in [-0.2, 0) is 19.4 Å². The van der Waals surface area contributed by atoms with Crippen molar-refractivity contribution >= 4 is 122 Å². The second-order valence-corrected chi connectivity index (χ2v) is 27.4. The molecule has 0 fully saturated rings. The number of aliphatic hydroxyl groups excluding tert-OH is 3. The van der Waals surface area contributed by atoms with Gasteiger partial charge in [-0.25, -0.2) is 0 Å². The second-order valence-electron chi connectivity index (χ2n) is 25.0. The summed E-state index contributed by atoms with van der Waals surface area (Å²) in [4.78, 5) is 92.2. The van der Waals surface area contributed by atoms with Gasteiger partial charge in [0, 0.05) is 95.0 Å². The Balaban J connectivity index is 0.000000151. The molecule has 14 rings (SSSR count). The smallest absolute Gasteiger partial charge is 0.257 e. The first-order chi connectivity index (χ1) is 52.3. The number of carbonyl (C=O) groups is 6. The number of amides is 6. The van der Waals surface area contributed by atoms with Crippen molar-refractivity contribution in [1.29, 1.82) is 0 Å². The van der Waals surface area contributed by atoms with E-state index in [1.165, 1.54) is 53.4 Å². The van der Waals surface area contributed by atoms with E-state index in [-0.39, 0.29) is 73.8 Å². The van der Waals surface area contributed by atoms with Crippen LogP contribution in [-0.4, -0.2) is 96.0 Å². The van der Waals surface area contributed by atoms with Gasteiger partial charge in [0.25, 0.3) is 35.4 Å². The van der Waals surface area contributed by atoms with Gasteiger partial charge in [0.1, 0.15) is 0 Å². The van der Waals surface area contributed by atoms with Crippen LogP contribution in [0.1, 0.15) is 102 Å². The molecule has 0 saturated carbocycles. The number of pyridine rings is 3. The highest BCUT2D eigenvalue weighted by molar-refractivity contribution is 6.37. The number of fused-ring (bicyclic) bond motifs is 2. The zero-order chi connectivity index (χ0) is 76.0. The van der Waals surface area contributed by atoms with Crippen molar-refractivity contribution in [2.24, 2.45) is 0 Å². The van der Waals surface area contributed by atoms with Crippen molar-refractivity contribution < 1.29 is 44.1 Å². The molecule has 3 heterocycles. The molecular weight excluding hydrogens is 1490 g/mol. The lowest BCUT2D eigenvalue weighted by Crippen LogP contribution is -2.33. The summed E-state index contributed by atoms with van der Waals surface area (Å²) in [6.45, 7) is 0.340. The molecular formula is C84H65Cl6N9O9. The molecule has 24 heteroatoms. The molecule has 0 radical (unpaired) electrons. The van der Waals surface area contributed by atoms with Crippen LogP contribution < -0.4 is 26.6 Å². The number of rotatable bonds is 18. The third-order valence-corrected chi connectivity index (χ3v) is 19.7. The molecule has 6 amide bonds. The molecule has 2 aliphatic carbocycles. The van der Waals surface area contributed by atoms with Gasteiger partial charge in [-0.15, -0.1) is 0 Å². The van der Waals surface area contributed by atoms with Crippen molar-refractivity contribution in [3.05, 3.63) is 353 Å². The standard InChI is InChI=1S/2C28H21Cl2N3O3.C28H23Cl2N3O3/c2*29-22-11-9-18(15-21(22)24-7-3-4-12-31-24)32-28(36)20-10-8-17(13-23(20)30)27(35)33-26-19-6-2-1-5-16(19)14-25(26)34;29-24-12-10-21(17-23(24)26-8-4-5-13-31-26)32-27(35)22-11-9-20(16-25(22)30)28(36)33(14-15-34)18-19-6-2-1-3-7-19/h2*1-13,15,25-26,34H,14H2,(H,32,36)(H,33,35);1-13,16-17,34H,14-15,18H2,(H,32,35)/t2*25-,26+;/m10./s1. The lowest BCUT2D eigenvalue weighted by atomic mass is 10.1. The molecule has 18 nitrogen and oxygen atoms in total.